The summed E-state index contributed by atoms with van der Waals surface area (Å²) >= 11 is 2.97. The molecule has 0 bridgehead atoms. The van der Waals surface area contributed by atoms with Crippen molar-refractivity contribution in [3.8, 4) is 0 Å². The molecule has 2 aromatic carbocycles. The third-order valence-corrected chi connectivity index (χ3v) is 5.36. The Morgan fingerprint density at radius 1 is 1.13 bits per heavy atom. The van der Waals surface area contributed by atoms with Gasteiger partial charge in [0.05, 0.1) is 21.7 Å². The Morgan fingerprint density at radius 3 is 2.65 bits per heavy atom. The van der Waals surface area contributed by atoms with Crippen LogP contribution in [0.4, 0.5) is 5.69 Å². The lowest BCUT2D eigenvalue weighted by molar-refractivity contribution is -0.113. The first-order chi connectivity index (χ1) is 11.1. The first kappa shape index (κ1) is 15.7. The number of aromatic nitrogens is 1. The second kappa shape index (κ2) is 6.93. The fourth-order valence-electron chi connectivity index (χ4n) is 2.13. The second-order valence-electron chi connectivity index (χ2n) is 4.89. The van der Waals surface area contributed by atoms with Crippen molar-refractivity contribution in [1.82, 2.24) is 4.98 Å². The molecule has 0 atom stereocenters. The zero-order valence-electron chi connectivity index (χ0n) is 12.4. The van der Waals surface area contributed by atoms with Crippen LogP contribution >= 0.6 is 23.1 Å². The highest BCUT2D eigenvalue weighted by Gasteiger charge is 2.11. The van der Waals surface area contributed by atoms with Crippen LogP contribution in [0.15, 0.2) is 52.9 Å². The van der Waals surface area contributed by atoms with Crippen molar-refractivity contribution in [3.63, 3.8) is 0 Å². The molecule has 23 heavy (non-hydrogen) atoms. The van der Waals surface area contributed by atoms with Gasteiger partial charge in [-0.15, -0.1) is 11.3 Å². The number of hydrogen-bond acceptors (Lipinski definition) is 5. The van der Waals surface area contributed by atoms with Gasteiger partial charge in [-0.2, -0.15) is 0 Å². The Hall–Kier alpha value is -2.18. The van der Waals surface area contributed by atoms with E-state index in [1.807, 2.05) is 24.3 Å². The van der Waals surface area contributed by atoms with Gasteiger partial charge >= 0.3 is 0 Å². The predicted octanol–water partition coefficient (Wildman–Crippen LogP) is 4.23. The van der Waals surface area contributed by atoms with Crippen molar-refractivity contribution in [3.05, 3.63) is 54.1 Å². The number of para-hydroxylation sites is 2. The lowest BCUT2D eigenvalue weighted by atomic mass is 10.1. The van der Waals surface area contributed by atoms with Crippen LogP contribution in [0.25, 0.3) is 10.2 Å². The first-order valence-electron chi connectivity index (χ1n) is 7.01. The smallest absolute Gasteiger partial charge is 0.234 e. The summed E-state index contributed by atoms with van der Waals surface area (Å²) in [7, 11) is 0. The van der Waals surface area contributed by atoms with E-state index in [4.69, 9.17) is 0 Å². The number of nitrogens with zero attached hydrogens (tertiary/aromatic N) is 1. The summed E-state index contributed by atoms with van der Waals surface area (Å²) in [5.74, 6) is 0.0363. The fraction of sp³-hybridized carbons (Fsp3) is 0.118. The van der Waals surface area contributed by atoms with Crippen molar-refractivity contribution in [2.24, 2.45) is 0 Å². The van der Waals surface area contributed by atoms with Crippen molar-refractivity contribution in [1.29, 1.82) is 0 Å². The lowest BCUT2D eigenvalue weighted by Crippen LogP contribution is -2.16. The Balaban J connectivity index is 1.65. The maximum Gasteiger partial charge on any atom is 0.234 e. The third kappa shape index (κ3) is 3.78. The molecule has 1 N–H and O–H groups in total. The van der Waals surface area contributed by atoms with Gasteiger partial charge in [0.25, 0.3) is 0 Å². The number of carbonyl (C=O) groups is 2. The average molecular weight is 342 g/mol. The van der Waals surface area contributed by atoms with Crippen molar-refractivity contribution < 1.29 is 9.59 Å². The monoisotopic (exact) mass is 342 g/mol. The molecule has 3 rings (SSSR count). The summed E-state index contributed by atoms with van der Waals surface area (Å²) in [6.45, 7) is 1.49. The number of carbonyl (C=O) groups excluding carboxylic acids is 2. The number of fused-ring (bicyclic) bond motifs is 1. The largest absolute Gasteiger partial charge is 0.325 e. The Morgan fingerprint density at radius 2 is 1.87 bits per heavy atom. The van der Waals surface area contributed by atoms with Crippen LogP contribution in [0, 0.1) is 0 Å². The van der Waals surface area contributed by atoms with Crippen LogP contribution < -0.4 is 5.32 Å². The molecule has 3 aromatic rings. The van der Waals surface area contributed by atoms with E-state index >= 15 is 0 Å². The van der Waals surface area contributed by atoms with E-state index in [1.165, 1.54) is 18.7 Å². The maximum absolute atomic E-state index is 12.1. The Kier molecular flexibility index (Phi) is 4.73. The highest BCUT2D eigenvalue weighted by molar-refractivity contribution is 8.01. The zero-order chi connectivity index (χ0) is 16.2. The number of amides is 1. The Labute approximate surface area is 141 Å². The van der Waals surface area contributed by atoms with Crippen molar-refractivity contribution in [2.45, 2.75) is 11.3 Å². The van der Waals surface area contributed by atoms with Crippen LogP contribution in [-0.4, -0.2) is 22.4 Å². The minimum absolute atomic E-state index is 0.0697. The number of nitrogens with one attached hydrogen (secondary N) is 1. The number of benzene rings is 2. The molecule has 0 spiro atoms. The maximum atomic E-state index is 12.1. The molecule has 0 aliphatic rings. The molecular formula is C17H14N2O2S2. The summed E-state index contributed by atoms with van der Waals surface area (Å²) in [4.78, 5) is 28.2. The number of thioether (sulfide) groups is 1. The fourth-order valence-corrected chi connectivity index (χ4v) is 3.99. The van der Waals surface area contributed by atoms with Gasteiger partial charge in [0.1, 0.15) is 0 Å². The van der Waals surface area contributed by atoms with E-state index in [2.05, 4.69) is 10.3 Å². The van der Waals surface area contributed by atoms with Crippen molar-refractivity contribution in [2.75, 3.05) is 11.1 Å². The average Bonchev–Trinajstić information content (AvgIpc) is 2.96. The number of Topliss-reactive ketones (excluding diaryl/α,β-unsaturated/α-hetero) is 1. The van der Waals surface area contributed by atoms with Gasteiger partial charge in [-0.3, -0.25) is 9.59 Å². The molecule has 0 unspecified atom stereocenters. The van der Waals surface area contributed by atoms with Gasteiger partial charge in [0.15, 0.2) is 10.1 Å². The van der Waals surface area contributed by atoms with Gasteiger partial charge in [0.2, 0.25) is 5.91 Å². The van der Waals surface area contributed by atoms with Gasteiger partial charge < -0.3 is 5.32 Å². The molecule has 6 heteroatoms. The predicted molar refractivity (Wildman–Crippen MR) is 95.4 cm³/mol. The van der Waals surface area contributed by atoms with E-state index in [0.717, 1.165) is 14.6 Å². The molecule has 0 aliphatic heterocycles. The standard InChI is InChI=1S/C17H14N2O2S2/c1-11(20)12-6-2-3-7-13(12)18-16(21)10-22-17-19-14-8-4-5-9-15(14)23-17/h2-9H,10H2,1H3,(H,18,21). The number of ketones is 1. The van der Waals surface area contributed by atoms with Gasteiger partial charge in [0, 0.05) is 5.56 Å². The number of hydrogen-bond donors (Lipinski definition) is 1. The van der Waals surface area contributed by atoms with Gasteiger partial charge in [-0.25, -0.2) is 4.98 Å². The molecular weight excluding hydrogens is 328 g/mol. The first-order valence-corrected chi connectivity index (χ1v) is 8.82. The molecule has 1 aromatic heterocycles. The summed E-state index contributed by atoms with van der Waals surface area (Å²) in [5.41, 5.74) is 2.02. The lowest BCUT2D eigenvalue weighted by Gasteiger charge is -2.08. The summed E-state index contributed by atoms with van der Waals surface area (Å²) in [5, 5.41) is 2.79. The molecule has 0 saturated carbocycles. The second-order valence-corrected chi connectivity index (χ2v) is 7.14. The number of rotatable bonds is 5. The van der Waals surface area contributed by atoms with E-state index in [-0.39, 0.29) is 17.4 Å². The highest BCUT2D eigenvalue weighted by Crippen LogP contribution is 2.29. The van der Waals surface area contributed by atoms with Gasteiger partial charge in [-0.05, 0) is 31.2 Å². The van der Waals surface area contributed by atoms with E-state index in [9.17, 15) is 9.59 Å². The minimum Gasteiger partial charge on any atom is -0.325 e. The highest BCUT2D eigenvalue weighted by atomic mass is 32.2. The molecule has 0 saturated heterocycles. The van der Waals surface area contributed by atoms with Crippen LogP contribution in [0.3, 0.4) is 0 Å². The van der Waals surface area contributed by atoms with E-state index in [1.54, 1.807) is 35.6 Å². The molecule has 116 valence electrons. The molecule has 1 heterocycles. The quantitative estimate of drug-likeness (QED) is 0.557. The van der Waals surface area contributed by atoms with Gasteiger partial charge in [-0.1, -0.05) is 36.0 Å². The van der Waals surface area contributed by atoms with Crippen LogP contribution in [-0.2, 0) is 4.79 Å². The summed E-state index contributed by atoms with van der Waals surface area (Å²) < 4.78 is 1.97. The van der Waals surface area contributed by atoms with Crippen LogP contribution in [0.2, 0.25) is 0 Å². The number of thiazole rings is 1. The number of anilines is 1. The Bertz CT molecular complexity index is 841. The summed E-state index contributed by atoms with van der Waals surface area (Å²) in [6, 6.07) is 14.9. The SMILES string of the molecule is CC(=O)c1ccccc1NC(=O)CSc1nc2ccccc2s1. The molecule has 4 nitrogen and oxygen atoms in total. The van der Waals surface area contributed by atoms with E-state index in [0.29, 0.717) is 11.3 Å². The topological polar surface area (TPSA) is 59.1 Å². The molecule has 0 aliphatic carbocycles. The minimum atomic E-state index is -0.150. The van der Waals surface area contributed by atoms with Crippen LogP contribution in [0.5, 0.6) is 0 Å². The van der Waals surface area contributed by atoms with Crippen LogP contribution in [0.1, 0.15) is 17.3 Å². The van der Waals surface area contributed by atoms with Crippen molar-refractivity contribution >= 4 is 50.7 Å². The van der Waals surface area contributed by atoms with E-state index < -0.39 is 0 Å². The summed E-state index contributed by atoms with van der Waals surface area (Å²) in [6.07, 6.45) is 0. The third-order valence-electron chi connectivity index (χ3n) is 3.18. The molecule has 1 amide bonds. The molecule has 0 radical (unpaired) electrons. The zero-order valence-corrected chi connectivity index (χ0v) is 14.0. The molecule has 0 fully saturated rings. The normalized spacial score (nSPS) is 10.7.